The molecule has 0 bridgehead atoms. The molecule has 7 heteroatoms. The number of hydrogen-bond donors (Lipinski definition) is 1. The van der Waals surface area contributed by atoms with E-state index in [4.69, 9.17) is 5.73 Å². The number of amides is 1. The highest BCUT2D eigenvalue weighted by Crippen LogP contribution is 2.31. The van der Waals surface area contributed by atoms with Crippen LogP contribution in [-0.4, -0.2) is 17.4 Å². The van der Waals surface area contributed by atoms with Crippen LogP contribution in [0.25, 0.3) is 10.6 Å². The Morgan fingerprint density at radius 1 is 1.19 bits per heavy atom. The molecule has 0 atom stereocenters. The van der Waals surface area contributed by atoms with Gasteiger partial charge in [-0.05, 0) is 36.6 Å². The fourth-order valence-corrected chi connectivity index (χ4v) is 4.12. The molecule has 1 aromatic heterocycles. The second-order valence-corrected chi connectivity index (χ2v) is 7.36. The Kier molecular flexibility index (Phi) is 4.61. The van der Waals surface area contributed by atoms with Crippen LogP contribution in [0.3, 0.4) is 0 Å². The molecule has 1 amide bonds. The van der Waals surface area contributed by atoms with Crippen LogP contribution in [0, 0.1) is 11.6 Å². The predicted octanol–water partition coefficient (Wildman–Crippen LogP) is 4.14. The van der Waals surface area contributed by atoms with Crippen LogP contribution in [0.4, 0.5) is 14.5 Å². The summed E-state index contributed by atoms with van der Waals surface area (Å²) in [4.78, 5) is 17.9. The summed E-state index contributed by atoms with van der Waals surface area (Å²) in [5, 5.41) is 2.80. The first-order valence-corrected chi connectivity index (χ1v) is 9.47. The molecule has 4 nitrogen and oxygen atoms in total. The normalized spacial score (nSPS) is 13.5. The minimum absolute atomic E-state index is 0.453. The number of nitrogens with zero attached hydrogens (tertiary/aromatic N) is 2. The molecular weight excluding hydrogens is 368 g/mol. The Hall–Kier alpha value is -2.80. The average Bonchev–Trinajstić information content (AvgIpc) is 3.12. The number of aromatic nitrogens is 1. The lowest BCUT2D eigenvalue weighted by Gasteiger charge is -2.30. The van der Waals surface area contributed by atoms with Crippen molar-refractivity contribution in [3.63, 3.8) is 0 Å². The van der Waals surface area contributed by atoms with Gasteiger partial charge < -0.3 is 10.6 Å². The number of thiazole rings is 1. The summed E-state index contributed by atoms with van der Waals surface area (Å²) in [7, 11) is 0. The van der Waals surface area contributed by atoms with E-state index in [0.29, 0.717) is 12.1 Å². The highest BCUT2D eigenvalue weighted by atomic mass is 32.1. The predicted molar refractivity (Wildman–Crippen MR) is 102 cm³/mol. The van der Waals surface area contributed by atoms with Crippen molar-refractivity contribution in [1.29, 1.82) is 0 Å². The molecule has 0 radical (unpaired) electrons. The molecule has 0 saturated heterocycles. The SMILES string of the molecule is NC(=O)c1ccc(-c2nc(CN3CCCc4cc(F)c(F)cc43)cs2)cc1. The summed E-state index contributed by atoms with van der Waals surface area (Å²) in [6, 6.07) is 9.56. The Balaban J connectivity index is 1.55. The molecule has 0 spiro atoms. The molecule has 0 fully saturated rings. The lowest BCUT2D eigenvalue weighted by atomic mass is 10.0. The molecule has 4 rings (SSSR count). The van der Waals surface area contributed by atoms with Gasteiger partial charge in [0, 0.05) is 34.8 Å². The third-order valence-electron chi connectivity index (χ3n) is 4.66. The number of primary amides is 1. The van der Waals surface area contributed by atoms with Gasteiger partial charge in [-0.1, -0.05) is 12.1 Å². The molecule has 0 unspecified atom stereocenters. The summed E-state index contributed by atoms with van der Waals surface area (Å²) in [6.45, 7) is 1.31. The van der Waals surface area contributed by atoms with E-state index in [1.807, 2.05) is 22.4 Å². The van der Waals surface area contributed by atoms with Crippen molar-refractivity contribution >= 4 is 22.9 Å². The minimum atomic E-state index is -0.825. The Morgan fingerprint density at radius 2 is 1.93 bits per heavy atom. The molecule has 0 aliphatic carbocycles. The molecule has 27 heavy (non-hydrogen) atoms. The summed E-state index contributed by atoms with van der Waals surface area (Å²) < 4.78 is 27.2. The van der Waals surface area contributed by atoms with Crippen LogP contribution >= 0.6 is 11.3 Å². The molecular formula is C20H17F2N3OS. The molecule has 1 aliphatic heterocycles. The topological polar surface area (TPSA) is 59.2 Å². The van der Waals surface area contributed by atoms with Gasteiger partial charge in [0.1, 0.15) is 5.01 Å². The number of hydrogen-bond acceptors (Lipinski definition) is 4. The zero-order chi connectivity index (χ0) is 19.0. The maximum Gasteiger partial charge on any atom is 0.248 e. The number of rotatable bonds is 4. The molecule has 2 heterocycles. The highest BCUT2D eigenvalue weighted by molar-refractivity contribution is 7.13. The Bertz CT molecular complexity index is 1000. The lowest BCUT2D eigenvalue weighted by molar-refractivity contribution is 0.100. The number of halogens is 2. The van der Waals surface area contributed by atoms with Gasteiger partial charge in [0.2, 0.25) is 5.91 Å². The van der Waals surface area contributed by atoms with Crippen LogP contribution in [0.1, 0.15) is 28.0 Å². The van der Waals surface area contributed by atoms with Crippen LogP contribution in [0.5, 0.6) is 0 Å². The quantitative estimate of drug-likeness (QED) is 0.734. The van der Waals surface area contributed by atoms with Crippen LogP contribution < -0.4 is 10.6 Å². The number of nitrogens with two attached hydrogens (primary N) is 1. The van der Waals surface area contributed by atoms with E-state index in [1.165, 1.54) is 23.5 Å². The van der Waals surface area contributed by atoms with Crippen molar-refractivity contribution in [2.24, 2.45) is 5.73 Å². The van der Waals surface area contributed by atoms with E-state index in [9.17, 15) is 13.6 Å². The zero-order valence-electron chi connectivity index (χ0n) is 14.4. The molecule has 2 aromatic carbocycles. The maximum atomic E-state index is 13.7. The van der Waals surface area contributed by atoms with E-state index in [2.05, 4.69) is 4.98 Å². The van der Waals surface area contributed by atoms with Gasteiger partial charge in [0.15, 0.2) is 11.6 Å². The van der Waals surface area contributed by atoms with Gasteiger partial charge in [0.05, 0.1) is 12.2 Å². The largest absolute Gasteiger partial charge is 0.366 e. The van der Waals surface area contributed by atoms with Gasteiger partial charge >= 0.3 is 0 Å². The average molecular weight is 385 g/mol. The first-order chi connectivity index (χ1) is 13.0. The minimum Gasteiger partial charge on any atom is -0.366 e. The monoisotopic (exact) mass is 385 g/mol. The number of carbonyl (C=O) groups is 1. The maximum absolute atomic E-state index is 13.7. The second-order valence-electron chi connectivity index (χ2n) is 6.51. The van der Waals surface area contributed by atoms with Crippen molar-refractivity contribution in [3.8, 4) is 10.6 Å². The van der Waals surface area contributed by atoms with Gasteiger partial charge in [0.25, 0.3) is 0 Å². The van der Waals surface area contributed by atoms with Crippen molar-refractivity contribution in [3.05, 3.63) is 70.2 Å². The summed E-state index contributed by atoms with van der Waals surface area (Å²) in [5.74, 6) is -2.09. The Labute approximate surface area is 159 Å². The summed E-state index contributed by atoms with van der Waals surface area (Å²) >= 11 is 1.50. The van der Waals surface area contributed by atoms with E-state index in [0.717, 1.165) is 46.9 Å². The molecule has 138 valence electrons. The first-order valence-electron chi connectivity index (χ1n) is 8.59. The van der Waals surface area contributed by atoms with Gasteiger partial charge in [-0.25, -0.2) is 13.8 Å². The summed E-state index contributed by atoms with van der Waals surface area (Å²) in [5.41, 5.74) is 9.06. The first kappa shape index (κ1) is 17.6. The van der Waals surface area contributed by atoms with Crippen LogP contribution in [0.15, 0.2) is 41.8 Å². The second kappa shape index (κ2) is 7.08. The van der Waals surface area contributed by atoms with E-state index >= 15 is 0 Å². The van der Waals surface area contributed by atoms with E-state index in [-0.39, 0.29) is 0 Å². The number of anilines is 1. The standard InChI is InChI=1S/C20H17F2N3OS/c21-16-8-14-2-1-7-25(18(14)9-17(16)22)10-15-11-27-20(24-15)13-5-3-12(4-6-13)19(23)26/h3-6,8-9,11H,1-2,7,10H2,(H2,23,26). The lowest BCUT2D eigenvalue weighted by Crippen LogP contribution is -2.29. The van der Waals surface area contributed by atoms with Crippen molar-refractivity contribution in [2.75, 3.05) is 11.4 Å². The van der Waals surface area contributed by atoms with E-state index < -0.39 is 17.5 Å². The molecule has 1 aliphatic rings. The third kappa shape index (κ3) is 3.55. The van der Waals surface area contributed by atoms with Gasteiger partial charge in [-0.3, -0.25) is 4.79 Å². The van der Waals surface area contributed by atoms with Crippen LogP contribution in [-0.2, 0) is 13.0 Å². The van der Waals surface area contributed by atoms with Crippen molar-refractivity contribution < 1.29 is 13.6 Å². The number of fused-ring (bicyclic) bond motifs is 1. The highest BCUT2D eigenvalue weighted by Gasteiger charge is 2.21. The summed E-state index contributed by atoms with van der Waals surface area (Å²) in [6.07, 6.45) is 1.64. The number of carbonyl (C=O) groups excluding carboxylic acids is 1. The number of benzene rings is 2. The van der Waals surface area contributed by atoms with Gasteiger partial charge in [-0.15, -0.1) is 11.3 Å². The molecule has 2 N–H and O–H groups in total. The third-order valence-corrected chi connectivity index (χ3v) is 5.60. The van der Waals surface area contributed by atoms with Crippen molar-refractivity contribution in [2.45, 2.75) is 19.4 Å². The zero-order valence-corrected chi connectivity index (χ0v) is 15.2. The van der Waals surface area contributed by atoms with Crippen LogP contribution in [0.2, 0.25) is 0 Å². The van der Waals surface area contributed by atoms with Gasteiger partial charge in [-0.2, -0.15) is 0 Å². The van der Waals surface area contributed by atoms with E-state index in [1.54, 1.807) is 12.1 Å². The smallest absolute Gasteiger partial charge is 0.248 e. The molecule has 3 aromatic rings. The molecule has 0 saturated carbocycles. The fraction of sp³-hybridized carbons (Fsp3) is 0.200. The van der Waals surface area contributed by atoms with Crippen molar-refractivity contribution in [1.82, 2.24) is 4.98 Å². The Morgan fingerprint density at radius 3 is 2.67 bits per heavy atom. The number of aryl methyl sites for hydroxylation is 1. The fourth-order valence-electron chi connectivity index (χ4n) is 3.30.